The van der Waals surface area contributed by atoms with Crippen LogP contribution in [0.2, 0.25) is 0 Å². The average molecular weight is 345 g/mol. The third kappa shape index (κ3) is 4.68. The summed E-state index contributed by atoms with van der Waals surface area (Å²) in [5, 5.41) is 10.2. The SMILES string of the molecule is Cc1nn(C(C)(C)C)cc1[C@@H](C)NC(=O)Nc1cnc(N(C)C)nc1. The number of anilines is 2. The summed E-state index contributed by atoms with van der Waals surface area (Å²) < 4.78 is 1.92. The van der Waals surface area contributed by atoms with Gasteiger partial charge in [0, 0.05) is 25.9 Å². The van der Waals surface area contributed by atoms with Crippen molar-refractivity contribution in [1.29, 1.82) is 0 Å². The van der Waals surface area contributed by atoms with Crippen LogP contribution in [0, 0.1) is 6.92 Å². The van der Waals surface area contributed by atoms with Crippen LogP contribution in [-0.2, 0) is 5.54 Å². The molecular formula is C17H27N7O. The van der Waals surface area contributed by atoms with E-state index in [9.17, 15) is 4.79 Å². The number of hydrogen-bond acceptors (Lipinski definition) is 5. The molecule has 1 atom stereocenters. The van der Waals surface area contributed by atoms with Gasteiger partial charge in [0.15, 0.2) is 0 Å². The zero-order valence-corrected chi connectivity index (χ0v) is 16.0. The smallest absolute Gasteiger partial charge is 0.319 e. The van der Waals surface area contributed by atoms with Gasteiger partial charge in [-0.15, -0.1) is 0 Å². The van der Waals surface area contributed by atoms with E-state index in [1.54, 1.807) is 17.3 Å². The summed E-state index contributed by atoms with van der Waals surface area (Å²) in [4.78, 5) is 22.4. The lowest BCUT2D eigenvalue weighted by Crippen LogP contribution is -2.31. The molecule has 0 aliphatic rings. The normalized spacial score (nSPS) is 12.6. The van der Waals surface area contributed by atoms with Crippen LogP contribution in [-0.4, -0.2) is 39.9 Å². The third-order valence-electron chi connectivity index (χ3n) is 3.73. The maximum absolute atomic E-state index is 12.2. The Bertz CT molecular complexity index is 728. The van der Waals surface area contributed by atoms with E-state index in [2.05, 4.69) is 46.5 Å². The lowest BCUT2D eigenvalue weighted by Gasteiger charge is -2.19. The number of nitrogens with zero attached hydrogens (tertiary/aromatic N) is 5. The van der Waals surface area contributed by atoms with Crippen molar-refractivity contribution < 1.29 is 4.79 Å². The molecule has 2 aromatic rings. The van der Waals surface area contributed by atoms with Gasteiger partial charge in [0.05, 0.1) is 35.4 Å². The van der Waals surface area contributed by atoms with Gasteiger partial charge in [0.25, 0.3) is 0 Å². The third-order valence-corrected chi connectivity index (χ3v) is 3.73. The topological polar surface area (TPSA) is 88.0 Å². The Morgan fingerprint density at radius 3 is 2.32 bits per heavy atom. The van der Waals surface area contributed by atoms with Crippen LogP contribution in [0.3, 0.4) is 0 Å². The first-order chi connectivity index (χ1) is 11.6. The molecule has 2 amide bonds. The maximum atomic E-state index is 12.2. The fourth-order valence-corrected chi connectivity index (χ4v) is 2.30. The number of carbonyl (C=O) groups excluding carboxylic acids is 1. The molecule has 2 N–H and O–H groups in total. The number of carbonyl (C=O) groups is 1. The van der Waals surface area contributed by atoms with E-state index < -0.39 is 0 Å². The van der Waals surface area contributed by atoms with E-state index >= 15 is 0 Å². The Labute approximate surface area is 148 Å². The van der Waals surface area contributed by atoms with Crippen molar-refractivity contribution in [3.63, 3.8) is 0 Å². The summed E-state index contributed by atoms with van der Waals surface area (Å²) in [5.41, 5.74) is 2.33. The molecule has 8 heteroatoms. The minimum absolute atomic E-state index is 0.101. The zero-order chi connectivity index (χ0) is 18.8. The molecule has 0 saturated carbocycles. The molecule has 0 unspecified atom stereocenters. The van der Waals surface area contributed by atoms with Crippen molar-refractivity contribution in [3.05, 3.63) is 29.8 Å². The van der Waals surface area contributed by atoms with Crippen molar-refractivity contribution in [2.45, 2.75) is 46.2 Å². The fourth-order valence-electron chi connectivity index (χ4n) is 2.30. The molecule has 0 bridgehead atoms. The van der Waals surface area contributed by atoms with Crippen LogP contribution in [0.1, 0.15) is 45.0 Å². The van der Waals surface area contributed by atoms with Crippen molar-refractivity contribution in [1.82, 2.24) is 25.1 Å². The van der Waals surface area contributed by atoms with Crippen molar-refractivity contribution in [2.75, 3.05) is 24.3 Å². The number of rotatable bonds is 4. The van der Waals surface area contributed by atoms with Crippen LogP contribution in [0.25, 0.3) is 0 Å². The molecule has 25 heavy (non-hydrogen) atoms. The van der Waals surface area contributed by atoms with Crippen LogP contribution >= 0.6 is 0 Å². The number of hydrogen-bond donors (Lipinski definition) is 2. The number of aromatic nitrogens is 4. The zero-order valence-electron chi connectivity index (χ0n) is 16.0. The summed E-state index contributed by atoms with van der Waals surface area (Å²) in [7, 11) is 3.72. The van der Waals surface area contributed by atoms with Gasteiger partial charge < -0.3 is 15.5 Å². The molecule has 0 aliphatic heterocycles. The van der Waals surface area contributed by atoms with Gasteiger partial charge in [-0.25, -0.2) is 14.8 Å². The van der Waals surface area contributed by atoms with Crippen molar-refractivity contribution >= 4 is 17.7 Å². The molecule has 0 fully saturated rings. The minimum atomic E-state index is -0.309. The van der Waals surface area contributed by atoms with Gasteiger partial charge in [-0.2, -0.15) is 5.10 Å². The highest BCUT2D eigenvalue weighted by atomic mass is 16.2. The van der Waals surface area contributed by atoms with E-state index in [-0.39, 0.29) is 17.6 Å². The molecule has 0 radical (unpaired) electrons. The number of urea groups is 1. The molecule has 0 aliphatic carbocycles. The molecule has 2 heterocycles. The maximum Gasteiger partial charge on any atom is 0.319 e. The average Bonchev–Trinajstić information content (AvgIpc) is 2.90. The largest absolute Gasteiger partial charge is 0.347 e. The quantitative estimate of drug-likeness (QED) is 0.889. The number of aryl methyl sites for hydroxylation is 1. The predicted molar refractivity (Wildman–Crippen MR) is 98.9 cm³/mol. The standard InChI is InChI=1S/C17H27N7O/c1-11(14-10-24(17(3,4)5)22-12(14)2)20-16(25)21-13-8-18-15(19-9-13)23(6)7/h8-11H,1-7H3,(H2,20,21,25)/t11-/m1/s1. The van der Waals surface area contributed by atoms with E-state index in [1.165, 1.54) is 0 Å². The summed E-state index contributed by atoms with van der Waals surface area (Å²) in [6, 6.07) is -0.477. The molecule has 2 rings (SSSR count). The first-order valence-corrected chi connectivity index (χ1v) is 8.21. The van der Waals surface area contributed by atoms with Gasteiger partial charge in [-0.05, 0) is 34.6 Å². The second kappa shape index (κ2) is 7.08. The van der Waals surface area contributed by atoms with Gasteiger partial charge in [0.1, 0.15) is 0 Å². The van der Waals surface area contributed by atoms with E-state index in [1.807, 2.05) is 38.8 Å². The highest BCUT2D eigenvalue weighted by molar-refractivity contribution is 5.89. The van der Waals surface area contributed by atoms with E-state index in [4.69, 9.17) is 0 Å². The number of nitrogens with one attached hydrogen (secondary N) is 2. The molecule has 2 aromatic heterocycles. The van der Waals surface area contributed by atoms with Gasteiger partial charge in [0.2, 0.25) is 5.95 Å². The Morgan fingerprint density at radius 1 is 1.24 bits per heavy atom. The Kier molecular flexibility index (Phi) is 5.30. The first kappa shape index (κ1) is 18.7. The van der Waals surface area contributed by atoms with Crippen LogP contribution in [0.5, 0.6) is 0 Å². The number of amides is 2. The Balaban J connectivity index is 2.01. The highest BCUT2D eigenvalue weighted by Gasteiger charge is 2.20. The lowest BCUT2D eigenvalue weighted by molar-refractivity contribution is 0.249. The van der Waals surface area contributed by atoms with Gasteiger partial charge >= 0.3 is 6.03 Å². The molecular weight excluding hydrogens is 318 g/mol. The van der Waals surface area contributed by atoms with Crippen LogP contribution in [0.4, 0.5) is 16.4 Å². The predicted octanol–water partition coefficient (Wildman–Crippen LogP) is 2.69. The second-order valence-electron chi connectivity index (χ2n) is 7.27. The second-order valence-corrected chi connectivity index (χ2v) is 7.27. The van der Waals surface area contributed by atoms with Crippen molar-refractivity contribution in [2.24, 2.45) is 0 Å². The van der Waals surface area contributed by atoms with Crippen LogP contribution in [0.15, 0.2) is 18.6 Å². The molecule has 0 spiro atoms. The van der Waals surface area contributed by atoms with E-state index in [0.29, 0.717) is 11.6 Å². The molecule has 136 valence electrons. The van der Waals surface area contributed by atoms with Gasteiger partial charge in [-0.1, -0.05) is 0 Å². The summed E-state index contributed by atoms with van der Waals surface area (Å²) >= 11 is 0. The van der Waals surface area contributed by atoms with Crippen LogP contribution < -0.4 is 15.5 Å². The lowest BCUT2D eigenvalue weighted by atomic mass is 10.1. The minimum Gasteiger partial charge on any atom is -0.347 e. The monoisotopic (exact) mass is 345 g/mol. The van der Waals surface area contributed by atoms with Crippen molar-refractivity contribution in [3.8, 4) is 0 Å². The molecule has 0 aromatic carbocycles. The van der Waals surface area contributed by atoms with E-state index in [0.717, 1.165) is 11.3 Å². The summed E-state index contributed by atoms with van der Waals surface area (Å²) in [6.07, 6.45) is 5.14. The Morgan fingerprint density at radius 2 is 1.84 bits per heavy atom. The Hall–Kier alpha value is -2.64. The summed E-state index contributed by atoms with van der Waals surface area (Å²) in [5.74, 6) is 0.588. The van der Waals surface area contributed by atoms with Gasteiger partial charge in [-0.3, -0.25) is 4.68 Å². The molecule has 8 nitrogen and oxygen atoms in total. The summed E-state index contributed by atoms with van der Waals surface area (Å²) in [6.45, 7) is 10.1. The fraction of sp³-hybridized carbons (Fsp3) is 0.529. The highest BCUT2D eigenvalue weighted by Crippen LogP contribution is 2.21. The first-order valence-electron chi connectivity index (χ1n) is 8.21. The molecule has 0 saturated heterocycles.